The minimum Gasteiger partial charge on any atom is -0.330 e. The van der Waals surface area contributed by atoms with Crippen LogP contribution in [0.4, 0.5) is 24.5 Å². The van der Waals surface area contributed by atoms with Gasteiger partial charge in [-0.1, -0.05) is 23.9 Å². The Morgan fingerprint density at radius 3 is 1.81 bits per heavy atom. The molecular weight excluding hydrogens is 295 g/mol. The van der Waals surface area contributed by atoms with Crippen molar-refractivity contribution in [1.29, 1.82) is 0 Å². The van der Waals surface area contributed by atoms with Gasteiger partial charge in [0.2, 0.25) is 0 Å². The quantitative estimate of drug-likeness (QED) is 0.687. The minimum absolute atomic E-state index is 0.624. The van der Waals surface area contributed by atoms with E-state index in [1.54, 1.807) is 12.1 Å². The van der Waals surface area contributed by atoms with Crippen molar-refractivity contribution in [2.75, 3.05) is 11.4 Å². The minimum atomic E-state index is -4.24. The number of benzene rings is 2. The molecule has 0 aliphatic carbocycles. The molecule has 0 saturated heterocycles. The number of halogens is 3. The van der Waals surface area contributed by atoms with Crippen molar-refractivity contribution in [3.05, 3.63) is 47.5 Å². The summed E-state index contributed by atoms with van der Waals surface area (Å²) in [6.45, 7) is 2.92. The van der Waals surface area contributed by atoms with Crippen molar-refractivity contribution < 1.29 is 13.2 Å². The molecule has 1 aliphatic rings. The predicted octanol–water partition coefficient (Wildman–Crippen LogP) is 5.47. The number of fused-ring (bicyclic) bond motifs is 2. The molecule has 1 nitrogen and oxygen atoms in total. The number of anilines is 2. The number of nitrogens with zero attached hydrogens (tertiary/aromatic N) is 1. The first-order chi connectivity index (χ1) is 9.83. The van der Waals surface area contributed by atoms with Gasteiger partial charge in [-0.2, -0.15) is 13.2 Å². The Labute approximate surface area is 125 Å². The van der Waals surface area contributed by atoms with E-state index in [4.69, 9.17) is 0 Å². The maximum absolute atomic E-state index is 12.9. The van der Waals surface area contributed by atoms with Crippen LogP contribution in [0.3, 0.4) is 0 Å². The van der Waals surface area contributed by atoms with E-state index in [0.29, 0.717) is 11.4 Å². The normalized spacial score (nSPS) is 13.9. The summed E-state index contributed by atoms with van der Waals surface area (Å²) in [4.78, 5) is 3.11. The highest BCUT2D eigenvalue weighted by atomic mass is 32.2. The lowest BCUT2D eigenvalue weighted by Crippen LogP contribution is -2.32. The van der Waals surface area contributed by atoms with E-state index >= 15 is 0 Å². The smallest absolute Gasteiger partial charge is 0.330 e. The molecule has 0 spiro atoms. The molecule has 0 atom stereocenters. The number of aryl methyl sites for hydroxylation is 2. The largest absolute Gasteiger partial charge is 0.406 e. The summed E-state index contributed by atoms with van der Waals surface area (Å²) in [5, 5.41) is 0. The van der Waals surface area contributed by atoms with E-state index in [9.17, 15) is 13.2 Å². The monoisotopic (exact) mass is 309 g/mol. The van der Waals surface area contributed by atoms with Crippen molar-refractivity contribution in [2.45, 2.75) is 29.8 Å². The maximum Gasteiger partial charge on any atom is 0.406 e. The Bertz CT molecular complexity index is 643. The topological polar surface area (TPSA) is 3.24 Å². The molecule has 2 aromatic carbocycles. The molecule has 0 N–H and O–H groups in total. The first-order valence-corrected chi connectivity index (χ1v) is 7.38. The van der Waals surface area contributed by atoms with Gasteiger partial charge in [0.05, 0.1) is 11.4 Å². The lowest BCUT2D eigenvalue weighted by molar-refractivity contribution is -0.118. The SMILES string of the molecule is Cc1ccc2c(c1)Sc1cc(C)ccc1N2CC(F)(F)F. The number of hydrogen-bond acceptors (Lipinski definition) is 2. The fourth-order valence-electron chi connectivity index (χ4n) is 2.45. The summed E-state index contributed by atoms with van der Waals surface area (Å²) in [6, 6.07) is 11.1. The van der Waals surface area contributed by atoms with Crippen LogP contribution in [-0.2, 0) is 0 Å². The van der Waals surface area contributed by atoms with Crippen LogP contribution in [-0.4, -0.2) is 12.7 Å². The third-order valence-electron chi connectivity index (χ3n) is 3.37. The van der Waals surface area contributed by atoms with Crippen LogP contribution < -0.4 is 4.90 Å². The Hall–Kier alpha value is -1.62. The summed E-state index contributed by atoms with van der Waals surface area (Å²) in [5.41, 5.74) is 3.34. The van der Waals surface area contributed by atoms with Crippen LogP contribution >= 0.6 is 11.8 Å². The average molecular weight is 309 g/mol. The van der Waals surface area contributed by atoms with Gasteiger partial charge in [0.1, 0.15) is 6.54 Å². The molecule has 3 rings (SSSR count). The second kappa shape index (κ2) is 4.98. The Kier molecular flexibility index (Phi) is 3.40. The van der Waals surface area contributed by atoms with Crippen LogP contribution in [0, 0.1) is 13.8 Å². The van der Waals surface area contributed by atoms with Gasteiger partial charge in [-0.05, 0) is 49.2 Å². The zero-order valence-electron chi connectivity index (χ0n) is 11.7. The third kappa shape index (κ3) is 2.88. The van der Waals surface area contributed by atoms with Gasteiger partial charge in [-0.25, -0.2) is 0 Å². The van der Waals surface area contributed by atoms with Crippen LogP contribution in [0.1, 0.15) is 11.1 Å². The predicted molar refractivity (Wildman–Crippen MR) is 79.5 cm³/mol. The molecule has 0 aromatic heterocycles. The molecule has 0 fully saturated rings. The third-order valence-corrected chi connectivity index (χ3v) is 4.46. The lowest BCUT2D eigenvalue weighted by atomic mass is 10.1. The van der Waals surface area contributed by atoms with Gasteiger partial charge < -0.3 is 4.90 Å². The standard InChI is InChI=1S/C16H14F3NS/c1-10-3-5-12-14(7-10)21-15-8-11(2)4-6-13(15)20(12)9-16(17,18)19/h3-8H,9H2,1-2H3. The van der Waals surface area contributed by atoms with Crippen LogP contribution in [0.2, 0.25) is 0 Å². The summed E-state index contributed by atoms with van der Waals surface area (Å²) < 4.78 is 38.8. The summed E-state index contributed by atoms with van der Waals surface area (Å²) in [5.74, 6) is 0. The van der Waals surface area contributed by atoms with E-state index in [0.717, 1.165) is 20.9 Å². The molecule has 21 heavy (non-hydrogen) atoms. The van der Waals surface area contributed by atoms with E-state index in [2.05, 4.69) is 0 Å². The highest BCUT2D eigenvalue weighted by Gasteiger charge is 2.35. The summed E-state index contributed by atoms with van der Waals surface area (Å²) in [7, 11) is 0. The summed E-state index contributed by atoms with van der Waals surface area (Å²) >= 11 is 1.53. The zero-order chi connectivity index (χ0) is 15.2. The van der Waals surface area contributed by atoms with Crippen LogP contribution in [0.15, 0.2) is 46.2 Å². The molecule has 0 bridgehead atoms. The van der Waals surface area contributed by atoms with Crippen LogP contribution in [0.25, 0.3) is 0 Å². The second-order valence-corrected chi connectivity index (χ2v) is 6.33. The maximum atomic E-state index is 12.9. The molecule has 0 saturated carbocycles. The Morgan fingerprint density at radius 1 is 0.905 bits per heavy atom. The fraction of sp³-hybridized carbons (Fsp3) is 0.250. The fourth-order valence-corrected chi connectivity index (χ4v) is 3.74. The lowest BCUT2D eigenvalue weighted by Gasteiger charge is -2.33. The molecule has 1 aliphatic heterocycles. The highest BCUT2D eigenvalue weighted by molar-refractivity contribution is 7.99. The van der Waals surface area contributed by atoms with Gasteiger partial charge >= 0.3 is 6.18 Å². The molecule has 110 valence electrons. The first kappa shape index (κ1) is 14.3. The number of rotatable bonds is 1. The molecule has 0 radical (unpaired) electrons. The van der Waals surface area contributed by atoms with Gasteiger partial charge in [0.15, 0.2) is 0 Å². The Morgan fingerprint density at radius 2 is 1.38 bits per heavy atom. The highest BCUT2D eigenvalue weighted by Crippen LogP contribution is 2.49. The number of hydrogen-bond donors (Lipinski definition) is 0. The molecule has 1 heterocycles. The van der Waals surface area contributed by atoms with Crippen LogP contribution in [0.5, 0.6) is 0 Å². The molecule has 5 heteroatoms. The van der Waals surface area contributed by atoms with E-state index in [1.807, 2.05) is 38.1 Å². The molecular formula is C16H14F3NS. The molecule has 0 unspecified atom stereocenters. The van der Waals surface area contributed by atoms with Crippen molar-refractivity contribution >= 4 is 23.1 Å². The zero-order valence-corrected chi connectivity index (χ0v) is 12.5. The van der Waals surface area contributed by atoms with Gasteiger partial charge in [-0.3, -0.25) is 0 Å². The van der Waals surface area contributed by atoms with E-state index in [-0.39, 0.29) is 0 Å². The van der Waals surface area contributed by atoms with Crippen molar-refractivity contribution in [3.8, 4) is 0 Å². The van der Waals surface area contributed by atoms with Gasteiger partial charge in [0.25, 0.3) is 0 Å². The molecule has 2 aromatic rings. The van der Waals surface area contributed by atoms with E-state index < -0.39 is 12.7 Å². The second-order valence-electron chi connectivity index (χ2n) is 5.25. The number of alkyl halides is 3. The van der Waals surface area contributed by atoms with Crippen molar-refractivity contribution in [3.63, 3.8) is 0 Å². The first-order valence-electron chi connectivity index (χ1n) is 6.57. The van der Waals surface area contributed by atoms with Gasteiger partial charge in [0, 0.05) is 9.79 Å². The Balaban J connectivity index is 2.14. The van der Waals surface area contributed by atoms with Crippen molar-refractivity contribution in [2.24, 2.45) is 0 Å². The average Bonchev–Trinajstić information content (AvgIpc) is 2.35. The van der Waals surface area contributed by atoms with E-state index in [1.165, 1.54) is 16.7 Å². The molecule has 0 amide bonds. The van der Waals surface area contributed by atoms with Crippen molar-refractivity contribution in [1.82, 2.24) is 0 Å². The van der Waals surface area contributed by atoms with Gasteiger partial charge in [-0.15, -0.1) is 0 Å². The summed E-state index contributed by atoms with van der Waals surface area (Å²) in [6.07, 6.45) is -4.24.